The maximum absolute atomic E-state index is 6.18. The molecule has 2 N–H and O–H groups in total. The van der Waals surface area contributed by atoms with Crippen LogP contribution in [0.25, 0.3) is 16.2 Å². The topological polar surface area (TPSA) is 56.2 Å². The Morgan fingerprint density at radius 2 is 2.12 bits per heavy atom. The molecule has 0 fully saturated rings. The number of hydrogen-bond acceptors (Lipinski definition) is 4. The van der Waals surface area contributed by atoms with Gasteiger partial charge < -0.3 is 5.73 Å². The summed E-state index contributed by atoms with van der Waals surface area (Å²) in [5.74, 6) is 0.712. The van der Waals surface area contributed by atoms with Crippen LogP contribution in [0.3, 0.4) is 0 Å². The highest BCUT2D eigenvalue weighted by Gasteiger charge is 2.14. The molecule has 0 aliphatic rings. The first-order chi connectivity index (χ1) is 8.31. The molecule has 17 heavy (non-hydrogen) atoms. The van der Waals surface area contributed by atoms with Crippen molar-refractivity contribution in [3.63, 3.8) is 0 Å². The Labute approximate surface area is 103 Å². The molecule has 0 amide bonds. The van der Waals surface area contributed by atoms with Gasteiger partial charge in [-0.2, -0.15) is 0 Å². The van der Waals surface area contributed by atoms with Gasteiger partial charge in [-0.15, -0.1) is 11.3 Å². The summed E-state index contributed by atoms with van der Waals surface area (Å²) < 4.78 is 2.03. The zero-order chi connectivity index (χ0) is 11.8. The van der Waals surface area contributed by atoms with Crippen molar-refractivity contribution in [1.82, 2.24) is 14.4 Å². The quantitative estimate of drug-likeness (QED) is 0.754. The van der Waals surface area contributed by atoms with E-state index in [9.17, 15) is 0 Å². The van der Waals surface area contributed by atoms with Crippen LogP contribution < -0.4 is 5.73 Å². The number of aryl methyl sites for hydroxylation is 1. The van der Waals surface area contributed by atoms with Gasteiger partial charge in [-0.05, 0) is 18.6 Å². The molecule has 0 atom stereocenters. The lowest BCUT2D eigenvalue weighted by molar-refractivity contribution is 1.01. The van der Waals surface area contributed by atoms with Crippen molar-refractivity contribution in [2.24, 2.45) is 0 Å². The van der Waals surface area contributed by atoms with Crippen LogP contribution in [0.1, 0.15) is 12.6 Å². The van der Waals surface area contributed by atoms with Gasteiger partial charge in [0.05, 0.1) is 0 Å². The maximum atomic E-state index is 6.18. The van der Waals surface area contributed by atoms with Gasteiger partial charge >= 0.3 is 0 Å². The van der Waals surface area contributed by atoms with Crippen molar-refractivity contribution in [2.45, 2.75) is 13.3 Å². The number of fused-ring (bicyclic) bond motifs is 1. The van der Waals surface area contributed by atoms with Crippen molar-refractivity contribution in [3.05, 3.63) is 35.6 Å². The summed E-state index contributed by atoms with van der Waals surface area (Å²) in [7, 11) is 0. The minimum absolute atomic E-state index is 0.712. The van der Waals surface area contributed by atoms with Crippen molar-refractivity contribution in [1.29, 1.82) is 0 Å². The molecule has 0 saturated carbocycles. The number of hydrogen-bond donors (Lipinski definition) is 1. The summed E-state index contributed by atoms with van der Waals surface area (Å²) in [5, 5.41) is 2.11. The van der Waals surface area contributed by atoms with Gasteiger partial charge in [-0.3, -0.25) is 9.38 Å². The van der Waals surface area contributed by atoms with E-state index in [0.29, 0.717) is 5.82 Å². The van der Waals surface area contributed by atoms with E-state index in [1.54, 1.807) is 23.7 Å². The molecule has 3 aromatic rings. The molecular weight excluding hydrogens is 232 g/mol. The molecule has 86 valence electrons. The Hall–Kier alpha value is -1.88. The summed E-state index contributed by atoms with van der Waals surface area (Å²) in [4.78, 5) is 9.53. The molecule has 0 bridgehead atoms. The van der Waals surface area contributed by atoms with Crippen LogP contribution in [-0.4, -0.2) is 14.4 Å². The fraction of sp³-hybridized carbons (Fsp3) is 0.167. The Morgan fingerprint density at radius 3 is 2.82 bits per heavy atom. The molecule has 0 saturated heterocycles. The van der Waals surface area contributed by atoms with Crippen LogP contribution in [0.4, 0.5) is 5.82 Å². The van der Waals surface area contributed by atoms with Gasteiger partial charge in [0.1, 0.15) is 11.5 Å². The second kappa shape index (κ2) is 3.85. The van der Waals surface area contributed by atoms with Gasteiger partial charge in [-0.1, -0.05) is 6.92 Å². The van der Waals surface area contributed by atoms with Crippen molar-refractivity contribution in [3.8, 4) is 11.3 Å². The highest BCUT2D eigenvalue weighted by Crippen LogP contribution is 2.29. The predicted octanol–water partition coefficient (Wildman–Crippen LogP) is 2.60. The second-order valence-corrected chi connectivity index (χ2v) is 4.62. The van der Waals surface area contributed by atoms with Crippen molar-refractivity contribution in [2.75, 3.05) is 5.73 Å². The molecule has 0 radical (unpaired) electrons. The lowest BCUT2D eigenvalue weighted by Gasteiger charge is -2.00. The van der Waals surface area contributed by atoms with Gasteiger partial charge in [0, 0.05) is 29.0 Å². The SMILES string of the molecule is CCc1csc2nc(-c3ccncc3)c(N)n12. The fourth-order valence-corrected chi connectivity index (χ4v) is 2.88. The normalized spacial score (nSPS) is 11.1. The number of aromatic nitrogens is 3. The zero-order valence-electron chi connectivity index (χ0n) is 9.42. The Bertz CT molecular complexity index is 654. The lowest BCUT2D eigenvalue weighted by Crippen LogP contribution is -1.96. The molecule has 0 aliphatic carbocycles. The zero-order valence-corrected chi connectivity index (χ0v) is 10.2. The third kappa shape index (κ3) is 1.51. The van der Waals surface area contributed by atoms with E-state index in [-0.39, 0.29) is 0 Å². The first kappa shape index (κ1) is 10.3. The van der Waals surface area contributed by atoms with Crippen LogP contribution in [0.15, 0.2) is 29.9 Å². The van der Waals surface area contributed by atoms with Gasteiger partial charge in [0.2, 0.25) is 0 Å². The van der Waals surface area contributed by atoms with Gasteiger partial charge in [-0.25, -0.2) is 4.98 Å². The number of thiazole rings is 1. The Balaban J connectivity index is 2.25. The fourth-order valence-electron chi connectivity index (χ4n) is 1.91. The van der Waals surface area contributed by atoms with Crippen molar-refractivity contribution >= 4 is 22.1 Å². The number of nitrogens with two attached hydrogens (primary N) is 1. The average molecular weight is 244 g/mol. The predicted molar refractivity (Wildman–Crippen MR) is 70.1 cm³/mol. The van der Waals surface area contributed by atoms with E-state index in [1.165, 1.54) is 5.69 Å². The number of rotatable bonds is 2. The molecule has 0 aliphatic heterocycles. The minimum Gasteiger partial charge on any atom is -0.383 e. The third-order valence-electron chi connectivity index (χ3n) is 2.79. The Morgan fingerprint density at radius 1 is 1.35 bits per heavy atom. The van der Waals surface area contributed by atoms with Crippen LogP contribution in [0, 0.1) is 0 Å². The number of pyridine rings is 1. The van der Waals surface area contributed by atoms with Crippen LogP contribution >= 0.6 is 11.3 Å². The van der Waals surface area contributed by atoms with E-state index in [4.69, 9.17) is 5.73 Å². The summed E-state index contributed by atoms with van der Waals surface area (Å²) >= 11 is 1.62. The summed E-state index contributed by atoms with van der Waals surface area (Å²) in [6, 6.07) is 3.85. The number of anilines is 1. The third-order valence-corrected chi connectivity index (χ3v) is 3.66. The molecule has 5 heteroatoms. The highest BCUT2D eigenvalue weighted by atomic mass is 32.1. The molecule has 0 unspecified atom stereocenters. The first-order valence-corrected chi connectivity index (χ1v) is 6.34. The van der Waals surface area contributed by atoms with E-state index in [0.717, 1.165) is 22.6 Å². The molecule has 4 nitrogen and oxygen atoms in total. The van der Waals surface area contributed by atoms with Crippen LogP contribution in [0.2, 0.25) is 0 Å². The minimum atomic E-state index is 0.712. The molecule has 0 aromatic carbocycles. The summed E-state index contributed by atoms with van der Waals surface area (Å²) in [5.41, 5.74) is 9.23. The monoisotopic (exact) mass is 244 g/mol. The number of nitrogens with zero attached hydrogens (tertiary/aromatic N) is 3. The number of imidazole rings is 1. The largest absolute Gasteiger partial charge is 0.383 e. The van der Waals surface area contributed by atoms with Gasteiger partial charge in [0.15, 0.2) is 4.96 Å². The highest BCUT2D eigenvalue weighted by molar-refractivity contribution is 7.15. The average Bonchev–Trinajstić information content (AvgIpc) is 2.91. The molecule has 0 spiro atoms. The molecule has 3 rings (SSSR count). The van der Waals surface area contributed by atoms with Gasteiger partial charge in [0.25, 0.3) is 0 Å². The first-order valence-electron chi connectivity index (χ1n) is 5.46. The standard InChI is InChI=1S/C12H12N4S/c1-2-9-7-17-12-15-10(11(13)16(9)12)8-3-5-14-6-4-8/h3-7H,2,13H2,1H3. The van der Waals surface area contributed by atoms with E-state index >= 15 is 0 Å². The van der Waals surface area contributed by atoms with Crippen LogP contribution in [-0.2, 0) is 6.42 Å². The van der Waals surface area contributed by atoms with Crippen LogP contribution in [0.5, 0.6) is 0 Å². The van der Waals surface area contributed by atoms with Crippen molar-refractivity contribution < 1.29 is 0 Å². The lowest BCUT2D eigenvalue weighted by atomic mass is 10.2. The van der Waals surface area contributed by atoms with E-state index in [2.05, 4.69) is 22.3 Å². The second-order valence-electron chi connectivity index (χ2n) is 3.78. The maximum Gasteiger partial charge on any atom is 0.196 e. The summed E-state index contributed by atoms with van der Waals surface area (Å²) in [6.07, 6.45) is 4.46. The van der Waals surface area contributed by atoms with E-state index in [1.807, 2.05) is 16.5 Å². The molecule has 3 aromatic heterocycles. The smallest absolute Gasteiger partial charge is 0.196 e. The summed E-state index contributed by atoms with van der Waals surface area (Å²) in [6.45, 7) is 2.12. The molecule has 3 heterocycles. The number of nitrogen functional groups attached to an aromatic ring is 1. The van der Waals surface area contributed by atoms with E-state index < -0.39 is 0 Å². The Kier molecular flexibility index (Phi) is 2.33. The molecular formula is C12H12N4S.